The fourth-order valence-corrected chi connectivity index (χ4v) is 8.87. The van der Waals surface area contributed by atoms with E-state index in [4.69, 9.17) is 0 Å². The SMILES string of the molecule is C#C.C=C.CC.Cc1ccc2c(c1)-c1cccc(/C(=C/Cc3ccccc3)c3ccccc3)c1C2.Cc1ccccc1.Cc1ccccc1-c1cc(-c2ccc(C)c(-c3ccccc3C)c2)ccc1C. The summed E-state index contributed by atoms with van der Waals surface area (Å²) in [5, 5.41) is 0. The Morgan fingerprint density at radius 2 is 0.871 bits per heavy atom. The first kappa shape index (κ1) is 53.0. The molecule has 0 nitrogen and oxygen atoms in total. The van der Waals surface area contributed by atoms with Crippen LogP contribution in [0.3, 0.4) is 0 Å². The summed E-state index contributed by atoms with van der Waals surface area (Å²) >= 11 is 0. The van der Waals surface area contributed by atoms with Crippen molar-refractivity contribution in [2.75, 3.05) is 0 Å². The van der Waals surface area contributed by atoms with Crippen LogP contribution in [0.1, 0.15) is 75.0 Å². The van der Waals surface area contributed by atoms with Gasteiger partial charge in [0.05, 0.1) is 0 Å². The molecule has 0 aliphatic heterocycles. The molecule has 1 aliphatic carbocycles. The van der Waals surface area contributed by atoms with E-state index in [2.05, 4.69) is 268 Å². The molecule has 0 bridgehead atoms. The molecule has 10 rings (SSSR count). The first-order valence-corrected chi connectivity index (χ1v) is 24.4. The number of fused-ring (bicyclic) bond motifs is 3. The van der Waals surface area contributed by atoms with Crippen molar-refractivity contribution < 1.29 is 0 Å². The lowest BCUT2D eigenvalue weighted by Gasteiger charge is -2.14. The molecular formula is C70H70. The van der Waals surface area contributed by atoms with E-state index in [1.54, 1.807) is 0 Å². The molecule has 0 aromatic heterocycles. The fourth-order valence-electron chi connectivity index (χ4n) is 8.87. The number of benzene rings is 9. The van der Waals surface area contributed by atoms with Gasteiger partial charge in [0, 0.05) is 0 Å². The molecule has 0 unspecified atom stereocenters. The van der Waals surface area contributed by atoms with Crippen LogP contribution in [0.15, 0.2) is 232 Å². The Kier molecular flexibility index (Phi) is 20.5. The summed E-state index contributed by atoms with van der Waals surface area (Å²) < 4.78 is 0. The van der Waals surface area contributed by atoms with Gasteiger partial charge in [-0.3, -0.25) is 0 Å². The Morgan fingerprint density at radius 3 is 1.37 bits per heavy atom. The van der Waals surface area contributed by atoms with Gasteiger partial charge in [-0.2, -0.15) is 0 Å². The van der Waals surface area contributed by atoms with E-state index in [1.165, 1.54) is 111 Å². The van der Waals surface area contributed by atoms with Crippen LogP contribution in [0.5, 0.6) is 0 Å². The van der Waals surface area contributed by atoms with Gasteiger partial charge in [0.2, 0.25) is 0 Å². The number of rotatable bonds is 7. The first-order valence-electron chi connectivity index (χ1n) is 24.4. The van der Waals surface area contributed by atoms with Crippen molar-refractivity contribution in [1.29, 1.82) is 0 Å². The molecule has 0 atom stereocenters. The van der Waals surface area contributed by atoms with Crippen LogP contribution in [-0.2, 0) is 12.8 Å². The predicted octanol–water partition coefficient (Wildman–Crippen LogP) is 19.2. The quantitative estimate of drug-likeness (QED) is 0.110. The highest BCUT2D eigenvalue weighted by Crippen LogP contribution is 2.42. The maximum absolute atomic E-state index is 4.00. The molecule has 0 saturated heterocycles. The van der Waals surface area contributed by atoms with Crippen molar-refractivity contribution in [3.8, 4) is 57.4 Å². The van der Waals surface area contributed by atoms with Crippen LogP contribution >= 0.6 is 0 Å². The Hall–Kier alpha value is -7.98. The molecule has 0 heterocycles. The van der Waals surface area contributed by atoms with Gasteiger partial charge < -0.3 is 0 Å². The monoisotopic (exact) mass is 911 g/mol. The van der Waals surface area contributed by atoms with Gasteiger partial charge >= 0.3 is 0 Å². The number of hydrogen-bond acceptors (Lipinski definition) is 0. The summed E-state index contributed by atoms with van der Waals surface area (Å²) in [6, 6.07) is 76.3. The van der Waals surface area contributed by atoms with Crippen LogP contribution in [0.2, 0.25) is 0 Å². The molecule has 9 aromatic carbocycles. The largest absolute Gasteiger partial charge is 0.124 e. The zero-order valence-corrected chi connectivity index (χ0v) is 42.8. The molecule has 0 saturated carbocycles. The van der Waals surface area contributed by atoms with Crippen LogP contribution in [-0.4, -0.2) is 0 Å². The lowest BCUT2D eigenvalue weighted by Crippen LogP contribution is -1.96. The van der Waals surface area contributed by atoms with Crippen molar-refractivity contribution in [3.05, 3.63) is 293 Å². The van der Waals surface area contributed by atoms with Gasteiger partial charge in [-0.1, -0.05) is 231 Å². The highest BCUT2D eigenvalue weighted by atomic mass is 14.3. The average molecular weight is 911 g/mol. The van der Waals surface area contributed by atoms with E-state index in [0.29, 0.717) is 0 Å². The maximum Gasteiger partial charge on any atom is -0.000728 e. The number of terminal acetylenes is 1. The normalized spacial score (nSPS) is 10.6. The van der Waals surface area contributed by atoms with Crippen molar-refractivity contribution in [3.63, 3.8) is 0 Å². The summed E-state index contributed by atoms with van der Waals surface area (Å²) in [5.41, 5.74) is 26.7. The van der Waals surface area contributed by atoms with Crippen LogP contribution < -0.4 is 0 Å². The Balaban J connectivity index is 0.000000209. The molecule has 350 valence electrons. The number of aryl methyl sites for hydroxylation is 6. The minimum absolute atomic E-state index is 0.931. The fraction of sp³-hybridized carbons (Fsp3) is 0.143. The van der Waals surface area contributed by atoms with Gasteiger partial charge in [0.1, 0.15) is 0 Å². The standard InChI is InChI=1S/C29H24.C28H26.C7H8.C2H6.C2H4.C2H2/c1-21-15-17-24-20-29-26(13-8-14-27(29)28(24)19-21)25(23-11-6-3-7-12-23)18-16-22-9-4-2-5-10-22;1-19-9-5-7-11-25(19)27-17-23(15-13-21(27)3)24-16-14-22(4)28(18-24)26-12-8-6-10-20(26)2;1-7-5-3-2-4-6-7;3*1-2/h2-15,17-19H,16,20H2,1H3;5-18H,1-4H3;2-6H,1H3;1-2H3;1-2H2;1-2H/b25-18+;;;;;. The molecule has 1 aliphatic rings. The lowest BCUT2D eigenvalue weighted by molar-refractivity contribution is 1.23. The minimum atomic E-state index is 0.931. The summed E-state index contributed by atoms with van der Waals surface area (Å²) in [4.78, 5) is 0. The molecule has 0 spiro atoms. The molecule has 0 radical (unpaired) electrons. The van der Waals surface area contributed by atoms with Gasteiger partial charge in [0.25, 0.3) is 0 Å². The Bertz CT molecular complexity index is 3000. The second-order valence-corrected chi connectivity index (χ2v) is 17.2. The van der Waals surface area contributed by atoms with E-state index in [0.717, 1.165) is 12.8 Å². The third kappa shape index (κ3) is 13.6. The second-order valence-electron chi connectivity index (χ2n) is 17.2. The topological polar surface area (TPSA) is 0 Å². The molecule has 0 amide bonds. The number of allylic oxidation sites excluding steroid dienone is 1. The van der Waals surface area contributed by atoms with Gasteiger partial charge in [-0.15, -0.1) is 26.0 Å². The van der Waals surface area contributed by atoms with E-state index >= 15 is 0 Å². The molecular weight excluding hydrogens is 841 g/mol. The summed E-state index contributed by atoms with van der Waals surface area (Å²) in [6.07, 6.45) is 12.3. The van der Waals surface area contributed by atoms with E-state index in [-0.39, 0.29) is 0 Å². The maximum atomic E-state index is 4.00. The van der Waals surface area contributed by atoms with Crippen LogP contribution in [0, 0.1) is 54.4 Å². The molecule has 0 fully saturated rings. The van der Waals surface area contributed by atoms with E-state index < -0.39 is 0 Å². The first-order chi connectivity index (χ1) is 34.2. The summed E-state index contributed by atoms with van der Waals surface area (Å²) in [7, 11) is 0. The third-order valence-electron chi connectivity index (χ3n) is 12.5. The van der Waals surface area contributed by atoms with Crippen LogP contribution in [0.4, 0.5) is 0 Å². The average Bonchev–Trinajstić information content (AvgIpc) is 3.78. The number of hydrogen-bond donors (Lipinski definition) is 0. The Morgan fingerprint density at radius 1 is 0.414 bits per heavy atom. The van der Waals surface area contributed by atoms with Gasteiger partial charge in [-0.25, -0.2) is 0 Å². The highest BCUT2D eigenvalue weighted by molar-refractivity contribution is 5.89. The molecule has 9 aromatic rings. The zero-order chi connectivity index (χ0) is 50.4. The van der Waals surface area contributed by atoms with Crippen LogP contribution in [0.25, 0.3) is 50.1 Å². The van der Waals surface area contributed by atoms with E-state index in [9.17, 15) is 0 Å². The smallest absolute Gasteiger partial charge is 0.000728 e. The molecule has 0 N–H and O–H groups in total. The summed E-state index contributed by atoms with van der Waals surface area (Å²) in [6.45, 7) is 23.0. The molecule has 70 heavy (non-hydrogen) atoms. The predicted molar refractivity (Wildman–Crippen MR) is 308 cm³/mol. The summed E-state index contributed by atoms with van der Waals surface area (Å²) in [5.74, 6) is 0. The minimum Gasteiger partial charge on any atom is -0.124 e. The lowest BCUT2D eigenvalue weighted by atomic mass is 9.90. The Labute approximate surface area is 421 Å². The van der Waals surface area contributed by atoms with Gasteiger partial charge in [-0.05, 0) is 167 Å². The third-order valence-corrected chi connectivity index (χ3v) is 12.5. The van der Waals surface area contributed by atoms with Gasteiger partial charge in [0.15, 0.2) is 0 Å². The van der Waals surface area contributed by atoms with Crippen molar-refractivity contribution >= 4 is 5.57 Å². The zero-order valence-electron chi connectivity index (χ0n) is 42.8. The van der Waals surface area contributed by atoms with Crippen molar-refractivity contribution in [1.82, 2.24) is 0 Å². The van der Waals surface area contributed by atoms with Crippen molar-refractivity contribution in [2.24, 2.45) is 0 Å². The van der Waals surface area contributed by atoms with E-state index in [1.807, 2.05) is 32.0 Å². The van der Waals surface area contributed by atoms with Crippen molar-refractivity contribution in [2.45, 2.75) is 68.2 Å². The molecule has 0 heteroatoms. The second kappa shape index (κ2) is 27.1. The highest BCUT2D eigenvalue weighted by Gasteiger charge is 2.23.